The molecule has 0 N–H and O–H groups in total. The number of sulfonamides is 1. The van der Waals surface area contributed by atoms with Crippen molar-refractivity contribution in [3.8, 4) is 0 Å². The Morgan fingerprint density at radius 2 is 2.10 bits per heavy atom. The first kappa shape index (κ1) is 14.5. The number of hydrogen-bond acceptors (Lipinski definition) is 5. The Hall–Kier alpha value is -1.44. The van der Waals surface area contributed by atoms with E-state index >= 15 is 0 Å². The molecule has 2 aromatic rings. The highest BCUT2D eigenvalue weighted by atomic mass is 32.2. The fraction of sp³-hybridized carbons (Fsp3) is 0.357. The van der Waals surface area contributed by atoms with E-state index in [-0.39, 0.29) is 0 Å². The van der Waals surface area contributed by atoms with E-state index in [2.05, 4.69) is 9.88 Å². The summed E-state index contributed by atoms with van der Waals surface area (Å²) in [5, 5.41) is 0. The van der Waals surface area contributed by atoms with Gasteiger partial charge in [0.15, 0.2) is 0 Å². The molecule has 0 saturated carbocycles. The van der Waals surface area contributed by atoms with Crippen LogP contribution in [0.1, 0.15) is 10.4 Å². The van der Waals surface area contributed by atoms with E-state index < -0.39 is 10.0 Å². The topological polar surface area (TPSA) is 53.5 Å². The van der Waals surface area contributed by atoms with Crippen LogP contribution in [-0.2, 0) is 23.1 Å². The van der Waals surface area contributed by atoms with Gasteiger partial charge in [-0.3, -0.25) is 14.2 Å². The third-order valence-corrected chi connectivity index (χ3v) is 5.48. The predicted molar refractivity (Wildman–Crippen MR) is 84.9 cm³/mol. The molecular weight excluding hydrogens is 306 g/mol. The third-order valence-electron chi connectivity index (χ3n) is 3.54. The van der Waals surface area contributed by atoms with Crippen molar-refractivity contribution in [1.82, 2.24) is 9.88 Å². The van der Waals surface area contributed by atoms with Gasteiger partial charge in [0.25, 0.3) is 0 Å². The molecule has 0 fully saturated rings. The molecular formula is C14H17N3O2S2. The summed E-state index contributed by atoms with van der Waals surface area (Å²) >= 11 is 1.63. The summed E-state index contributed by atoms with van der Waals surface area (Å²) in [4.78, 5) is 7.55. The van der Waals surface area contributed by atoms with E-state index in [1.165, 1.54) is 15.4 Å². The molecule has 0 aliphatic carbocycles. The Morgan fingerprint density at radius 3 is 2.81 bits per heavy atom. The summed E-state index contributed by atoms with van der Waals surface area (Å²) in [5.74, 6) is 0. The van der Waals surface area contributed by atoms with Crippen molar-refractivity contribution in [2.75, 3.05) is 23.7 Å². The molecule has 0 unspecified atom stereocenters. The van der Waals surface area contributed by atoms with Crippen LogP contribution in [0.4, 0.5) is 5.69 Å². The number of para-hydroxylation sites is 1. The second kappa shape index (κ2) is 5.75. The van der Waals surface area contributed by atoms with Gasteiger partial charge in [0.2, 0.25) is 10.0 Å². The zero-order valence-corrected chi connectivity index (χ0v) is 13.4. The molecule has 0 spiro atoms. The van der Waals surface area contributed by atoms with E-state index in [1.54, 1.807) is 11.3 Å². The van der Waals surface area contributed by atoms with Crippen LogP contribution in [-0.4, -0.2) is 37.6 Å². The molecule has 1 aliphatic rings. The van der Waals surface area contributed by atoms with Crippen molar-refractivity contribution in [2.24, 2.45) is 0 Å². The molecule has 112 valence electrons. The maximum absolute atomic E-state index is 12.0. The van der Waals surface area contributed by atoms with Crippen LogP contribution in [0, 0.1) is 0 Å². The first-order valence-electron chi connectivity index (χ1n) is 6.69. The quantitative estimate of drug-likeness (QED) is 0.866. The minimum atomic E-state index is -3.25. The van der Waals surface area contributed by atoms with Crippen LogP contribution in [0.25, 0.3) is 0 Å². The molecule has 2 heterocycles. The second-order valence-corrected chi connectivity index (χ2v) is 8.02. The standard InChI is InChI=1S/C14H17N3O2S2/c1-21(18,19)17-7-6-16(10-13-8-15-11-20-13)9-12-4-2-3-5-14(12)17/h2-5,8,11H,6-7,9-10H2,1H3. The number of aromatic nitrogens is 1. The fourth-order valence-corrected chi connectivity index (χ4v) is 4.17. The van der Waals surface area contributed by atoms with Gasteiger partial charge in [0.05, 0.1) is 17.5 Å². The van der Waals surface area contributed by atoms with Crippen LogP contribution in [0.5, 0.6) is 0 Å². The van der Waals surface area contributed by atoms with Gasteiger partial charge < -0.3 is 0 Å². The fourth-order valence-electron chi connectivity index (χ4n) is 2.58. The van der Waals surface area contributed by atoms with Crippen molar-refractivity contribution in [1.29, 1.82) is 0 Å². The van der Waals surface area contributed by atoms with Gasteiger partial charge >= 0.3 is 0 Å². The maximum Gasteiger partial charge on any atom is 0.232 e. The van der Waals surface area contributed by atoms with E-state index in [1.807, 2.05) is 36.0 Å². The van der Waals surface area contributed by atoms with Gasteiger partial charge in [0, 0.05) is 37.3 Å². The number of fused-ring (bicyclic) bond motifs is 1. The lowest BCUT2D eigenvalue weighted by atomic mass is 10.1. The van der Waals surface area contributed by atoms with Crippen molar-refractivity contribution >= 4 is 27.0 Å². The predicted octanol–water partition coefficient (Wildman–Crippen LogP) is 1.92. The lowest BCUT2D eigenvalue weighted by molar-refractivity contribution is 0.272. The van der Waals surface area contributed by atoms with Crippen LogP contribution < -0.4 is 4.31 Å². The van der Waals surface area contributed by atoms with E-state index in [9.17, 15) is 8.42 Å². The Kier molecular flexibility index (Phi) is 3.97. The van der Waals surface area contributed by atoms with Crippen molar-refractivity contribution in [3.05, 3.63) is 46.4 Å². The normalized spacial score (nSPS) is 16.5. The van der Waals surface area contributed by atoms with Gasteiger partial charge in [0.1, 0.15) is 0 Å². The summed E-state index contributed by atoms with van der Waals surface area (Å²) in [6.45, 7) is 2.74. The molecule has 3 rings (SSSR count). The molecule has 21 heavy (non-hydrogen) atoms. The molecule has 0 amide bonds. The first-order valence-corrected chi connectivity index (χ1v) is 9.42. The van der Waals surface area contributed by atoms with Crippen LogP contribution in [0.3, 0.4) is 0 Å². The molecule has 0 radical (unpaired) electrons. The number of nitrogens with zero attached hydrogens (tertiary/aromatic N) is 3. The van der Waals surface area contributed by atoms with E-state index in [0.717, 1.165) is 24.3 Å². The summed E-state index contributed by atoms with van der Waals surface area (Å²) in [5.41, 5.74) is 3.67. The van der Waals surface area contributed by atoms with Gasteiger partial charge in [-0.05, 0) is 11.6 Å². The van der Waals surface area contributed by atoms with Gasteiger partial charge in [-0.1, -0.05) is 18.2 Å². The summed E-state index contributed by atoms with van der Waals surface area (Å²) < 4.78 is 25.6. The zero-order chi connectivity index (χ0) is 14.9. The highest BCUT2D eigenvalue weighted by Gasteiger charge is 2.25. The van der Waals surface area contributed by atoms with Gasteiger partial charge in [-0.15, -0.1) is 11.3 Å². The average molecular weight is 323 g/mol. The number of hydrogen-bond donors (Lipinski definition) is 0. The van der Waals surface area contributed by atoms with Crippen LogP contribution >= 0.6 is 11.3 Å². The molecule has 1 aliphatic heterocycles. The zero-order valence-electron chi connectivity index (χ0n) is 11.8. The van der Waals surface area contributed by atoms with Crippen LogP contribution in [0.2, 0.25) is 0 Å². The average Bonchev–Trinajstić information content (AvgIpc) is 2.84. The summed E-state index contributed by atoms with van der Waals surface area (Å²) in [7, 11) is -3.25. The molecule has 0 saturated heterocycles. The lowest BCUT2D eigenvalue weighted by Crippen LogP contribution is -2.35. The maximum atomic E-state index is 12.0. The van der Waals surface area contributed by atoms with Crippen molar-refractivity contribution in [3.63, 3.8) is 0 Å². The molecule has 0 atom stereocenters. The molecule has 1 aromatic carbocycles. The summed E-state index contributed by atoms with van der Waals surface area (Å²) in [6.07, 6.45) is 3.14. The largest absolute Gasteiger partial charge is 0.292 e. The minimum absolute atomic E-state index is 0.481. The smallest absolute Gasteiger partial charge is 0.232 e. The first-order chi connectivity index (χ1) is 10.0. The van der Waals surface area contributed by atoms with E-state index in [4.69, 9.17) is 0 Å². The second-order valence-electron chi connectivity index (χ2n) is 5.14. The van der Waals surface area contributed by atoms with Crippen molar-refractivity contribution < 1.29 is 8.42 Å². The lowest BCUT2D eigenvalue weighted by Gasteiger charge is -2.22. The van der Waals surface area contributed by atoms with E-state index in [0.29, 0.717) is 13.1 Å². The molecule has 5 nitrogen and oxygen atoms in total. The highest BCUT2D eigenvalue weighted by molar-refractivity contribution is 7.92. The summed E-state index contributed by atoms with van der Waals surface area (Å²) in [6, 6.07) is 7.72. The molecule has 7 heteroatoms. The SMILES string of the molecule is CS(=O)(=O)N1CCN(Cc2cncs2)Cc2ccccc21. The van der Waals surface area contributed by atoms with Gasteiger partial charge in [-0.25, -0.2) is 8.42 Å². The van der Waals surface area contributed by atoms with Gasteiger partial charge in [-0.2, -0.15) is 0 Å². The highest BCUT2D eigenvalue weighted by Crippen LogP contribution is 2.27. The number of anilines is 1. The number of rotatable bonds is 3. The Bertz CT molecular complexity index is 714. The monoisotopic (exact) mass is 323 g/mol. The molecule has 1 aromatic heterocycles. The third kappa shape index (κ3) is 3.25. The van der Waals surface area contributed by atoms with Crippen molar-refractivity contribution in [2.45, 2.75) is 13.1 Å². The Morgan fingerprint density at radius 1 is 1.29 bits per heavy atom. The van der Waals surface area contributed by atoms with Crippen LogP contribution in [0.15, 0.2) is 36.0 Å². The Labute approximate surface area is 128 Å². The number of benzene rings is 1. The molecule has 0 bridgehead atoms. The minimum Gasteiger partial charge on any atom is -0.292 e. The Balaban J connectivity index is 1.90. The number of thiazole rings is 1.